The van der Waals surface area contributed by atoms with Gasteiger partial charge in [0.1, 0.15) is 41.3 Å². The minimum Gasteiger partial charge on any atom is -0.497 e. The van der Waals surface area contributed by atoms with Crippen molar-refractivity contribution in [1.29, 1.82) is 0 Å². The molecule has 0 radical (unpaired) electrons. The maximum atomic E-state index is 14.5. The third-order valence-corrected chi connectivity index (χ3v) is 15.6. The third-order valence-electron chi connectivity index (χ3n) is 15.6. The SMILES string of the molecule is COc1ccc2ncc(CO)c(CCCC3(C(O)C(O)C4(CCCc5c(CO)cnc6ccc(OC)cc56)CCN(CCOc5cc(F)cc(F)c5)CC4)CCN(CCNc4cc(F)cc(F)c4F)CC3)c2c1. The fourth-order valence-electron chi connectivity index (χ4n) is 11.3. The van der Waals surface area contributed by atoms with Gasteiger partial charge in [-0.1, -0.05) is 0 Å². The van der Waals surface area contributed by atoms with Gasteiger partial charge in [-0.15, -0.1) is 0 Å². The molecule has 2 aromatic heterocycles. The summed E-state index contributed by atoms with van der Waals surface area (Å²) in [7, 11) is 3.19. The lowest BCUT2D eigenvalue weighted by atomic mass is 9.61. The first-order valence-corrected chi connectivity index (χ1v) is 25.2. The number of aliphatic hydroxyl groups is 4. The highest BCUT2D eigenvalue weighted by atomic mass is 19.2. The smallest absolute Gasteiger partial charge is 0.182 e. The molecule has 2 aliphatic heterocycles. The van der Waals surface area contributed by atoms with Crippen LogP contribution in [0.25, 0.3) is 21.8 Å². The van der Waals surface area contributed by atoms with Crippen LogP contribution in [0.2, 0.25) is 0 Å². The van der Waals surface area contributed by atoms with Gasteiger partial charge in [0, 0.05) is 84.0 Å². The van der Waals surface area contributed by atoms with Crippen LogP contribution in [-0.4, -0.2) is 119 Å². The van der Waals surface area contributed by atoms with Gasteiger partial charge < -0.3 is 44.9 Å². The topological polar surface area (TPSA) is 153 Å². The van der Waals surface area contributed by atoms with Crippen LogP contribution >= 0.6 is 0 Å². The molecule has 0 saturated carbocycles. The van der Waals surface area contributed by atoms with Gasteiger partial charge in [-0.3, -0.25) is 14.9 Å². The molecule has 2 aliphatic rings. The molecule has 0 spiro atoms. The van der Waals surface area contributed by atoms with E-state index in [1.807, 2.05) is 36.4 Å². The molecule has 2 saturated heterocycles. The van der Waals surface area contributed by atoms with E-state index in [1.54, 1.807) is 26.6 Å². The summed E-state index contributed by atoms with van der Waals surface area (Å²) in [6.07, 6.45) is 6.57. The number of piperidine rings is 2. The van der Waals surface area contributed by atoms with E-state index < -0.39 is 52.1 Å². The molecule has 8 rings (SSSR count). The highest BCUT2D eigenvalue weighted by Crippen LogP contribution is 2.49. The number of hydrogen-bond acceptors (Lipinski definition) is 12. The van der Waals surface area contributed by atoms with Gasteiger partial charge in [0.2, 0.25) is 0 Å². The first kappa shape index (κ1) is 53.6. The molecule has 17 heteroatoms. The Hall–Kier alpha value is -5.69. The maximum absolute atomic E-state index is 14.5. The van der Waals surface area contributed by atoms with Crippen molar-refractivity contribution in [3.05, 3.63) is 130 Å². The van der Waals surface area contributed by atoms with Crippen LogP contribution < -0.4 is 19.5 Å². The van der Waals surface area contributed by atoms with Gasteiger partial charge in [-0.05, 0) is 149 Å². The van der Waals surface area contributed by atoms with Crippen molar-refractivity contribution in [2.75, 3.05) is 72.0 Å². The average molecular weight is 1020 g/mol. The van der Waals surface area contributed by atoms with Crippen LogP contribution in [0, 0.1) is 39.9 Å². The minimum absolute atomic E-state index is 0.0961. The molecule has 6 aromatic rings. The predicted octanol–water partition coefficient (Wildman–Crippen LogP) is 8.90. The second-order valence-electron chi connectivity index (χ2n) is 19.7. The van der Waals surface area contributed by atoms with E-state index in [-0.39, 0.29) is 37.8 Å². The first-order chi connectivity index (χ1) is 35.3. The Morgan fingerprint density at radius 2 is 1.10 bits per heavy atom. The number of methoxy groups -OCH3 is 2. The van der Waals surface area contributed by atoms with Crippen molar-refractivity contribution in [2.24, 2.45) is 10.8 Å². The summed E-state index contributed by atoms with van der Waals surface area (Å²) in [5.41, 5.74) is 3.00. The fraction of sp³-hybridized carbons (Fsp3) is 0.464. The number of benzene rings is 4. The van der Waals surface area contributed by atoms with Crippen LogP contribution in [0.1, 0.15) is 73.6 Å². The average Bonchev–Trinajstić information content (AvgIpc) is 3.39. The van der Waals surface area contributed by atoms with E-state index in [9.17, 15) is 42.4 Å². The molecule has 0 bridgehead atoms. The molecule has 2 atom stereocenters. The van der Waals surface area contributed by atoms with E-state index in [1.165, 1.54) is 0 Å². The van der Waals surface area contributed by atoms with Gasteiger partial charge >= 0.3 is 0 Å². The molecule has 0 amide bonds. The number of ether oxygens (including phenoxy) is 3. The zero-order valence-electron chi connectivity index (χ0n) is 41.5. The zero-order chi connectivity index (χ0) is 51.7. The number of nitrogens with zero attached hydrogens (tertiary/aromatic N) is 4. The Labute approximate surface area is 422 Å². The molecule has 392 valence electrons. The Morgan fingerprint density at radius 3 is 1.58 bits per heavy atom. The Kier molecular flexibility index (Phi) is 17.7. The highest BCUT2D eigenvalue weighted by molar-refractivity contribution is 5.85. The van der Waals surface area contributed by atoms with Crippen LogP contribution in [0.5, 0.6) is 17.2 Å². The monoisotopic (exact) mass is 1020 g/mol. The lowest BCUT2D eigenvalue weighted by Crippen LogP contribution is -2.57. The van der Waals surface area contributed by atoms with Gasteiger partial charge in [-0.2, -0.15) is 0 Å². The van der Waals surface area contributed by atoms with Crippen molar-refractivity contribution in [1.82, 2.24) is 19.8 Å². The second-order valence-corrected chi connectivity index (χ2v) is 19.7. The number of fused-ring (bicyclic) bond motifs is 2. The van der Waals surface area contributed by atoms with E-state index in [0.717, 1.165) is 57.2 Å². The molecule has 2 unspecified atom stereocenters. The number of aromatic nitrogens is 2. The maximum Gasteiger partial charge on any atom is 0.182 e. The summed E-state index contributed by atoms with van der Waals surface area (Å²) in [5, 5.41) is 51.5. The number of rotatable bonds is 23. The van der Waals surface area contributed by atoms with Gasteiger partial charge in [0.25, 0.3) is 0 Å². The van der Waals surface area contributed by atoms with Crippen molar-refractivity contribution in [3.63, 3.8) is 0 Å². The first-order valence-electron chi connectivity index (χ1n) is 25.2. The van der Waals surface area contributed by atoms with Crippen LogP contribution in [0.15, 0.2) is 79.1 Å². The second kappa shape index (κ2) is 24.1. The molecule has 5 N–H and O–H groups in total. The molecule has 73 heavy (non-hydrogen) atoms. The number of aryl methyl sites for hydroxylation is 2. The number of halogens is 5. The van der Waals surface area contributed by atoms with Gasteiger partial charge in [0.05, 0.1) is 56.4 Å². The standard InChI is InChI=1S/C56H66F5N5O7/c1-71-41-7-9-49-46(30-41)44(36(34-67)32-63-49)5-3-11-55(13-18-65(19-14-55)22-17-62-51-29-40(59)28-48(60)52(51)61)53(69)54(70)56(15-20-66(21-16-56)23-24-73-43-26-38(57)25-39(58)27-43)12-4-6-45-37(35-68)33-64-50-10-8-42(72-2)31-47(45)50/h7-10,25-33,53-54,62,67-70H,3-6,11-24,34-35H2,1-2H3. The van der Waals surface area contributed by atoms with E-state index >= 15 is 0 Å². The Morgan fingerprint density at radius 1 is 0.616 bits per heavy atom. The van der Waals surface area contributed by atoms with Crippen molar-refractivity contribution >= 4 is 27.5 Å². The summed E-state index contributed by atoms with van der Waals surface area (Å²) >= 11 is 0. The molecule has 4 heterocycles. The summed E-state index contributed by atoms with van der Waals surface area (Å²) in [4.78, 5) is 13.5. The lowest BCUT2D eigenvalue weighted by molar-refractivity contribution is -0.153. The van der Waals surface area contributed by atoms with Crippen molar-refractivity contribution in [2.45, 2.75) is 89.6 Å². The highest BCUT2D eigenvalue weighted by Gasteiger charge is 2.51. The fourth-order valence-corrected chi connectivity index (χ4v) is 11.3. The quantitative estimate of drug-likeness (QED) is 0.0308. The molecule has 4 aromatic carbocycles. The Balaban J connectivity index is 1.05. The number of aliphatic hydroxyl groups excluding tert-OH is 4. The number of nitrogens with one attached hydrogen (secondary N) is 1. The van der Waals surface area contributed by atoms with Crippen LogP contribution in [0.3, 0.4) is 0 Å². The molecular weight excluding hydrogens is 950 g/mol. The Bertz CT molecular complexity index is 2790. The van der Waals surface area contributed by atoms with Gasteiger partial charge in [0.15, 0.2) is 11.6 Å². The van der Waals surface area contributed by atoms with Crippen LogP contribution in [-0.2, 0) is 26.1 Å². The van der Waals surface area contributed by atoms with Crippen LogP contribution in [0.4, 0.5) is 27.6 Å². The molecule has 2 fully saturated rings. The number of likely N-dealkylation sites (tertiary alicyclic amines) is 2. The van der Waals surface area contributed by atoms with Gasteiger partial charge in [-0.25, -0.2) is 22.0 Å². The van der Waals surface area contributed by atoms with Crippen molar-refractivity contribution in [3.8, 4) is 17.2 Å². The van der Waals surface area contributed by atoms with Crippen molar-refractivity contribution < 1.29 is 56.6 Å². The minimum atomic E-state index is -1.28. The summed E-state index contributed by atoms with van der Waals surface area (Å²) < 4.78 is 87.2. The normalized spacial score (nSPS) is 16.9. The number of hydrogen-bond donors (Lipinski definition) is 5. The molecular formula is C56H66F5N5O7. The zero-order valence-corrected chi connectivity index (χ0v) is 41.5. The summed E-state index contributed by atoms with van der Waals surface area (Å²) in [5.74, 6) is -3.37. The van der Waals surface area contributed by atoms with E-state index in [2.05, 4.69) is 25.1 Å². The number of anilines is 1. The lowest BCUT2D eigenvalue weighted by Gasteiger charge is -2.52. The summed E-state index contributed by atoms with van der Waals surface area (Å²) in [6.45, 7) is 3.06. The molecule has 12 nitrogen and oxygen atoms in total. The number of pyridine rings is 2. The predicted molar refractivity (Wildman–Crippen MR) is 269 cm³/mol. The van der Waals surface area contributed by atoms with E-state index in [4.69, 9.17) is 14.2 Å². The van der Waals surface area contributed by atoms with E-state index in [0.29, 0.717) is 132 Å². The largest absolute Gasteiger partial charge is 0.497 e. The third kappa shape index (κ3) is 12.5. The molecule has 0 aliphatic carbocycles. The summed E-state index contributed by atoms with van der Waals surface area (Å²) in [6, 6.07) is 15.8.